The average Bonchev–Trinajstić information content (AvgIpc) is 3.13. The molecule has 8 nitrogen and oxygen atoms in total. The highest BCUT2D eigenvalue weighted by Crippen LogP contribution is 2.29. The molecule has 3 aromatic rings. The third-order valence-electron chi connectivity index (χ3n) is 6.42. The number of amides is 1. The van der Waals surface area contributed by atoms with Crippen molar-refractivity contribution >= 4 is 22.6 Å². The largest absolute Gasteiger partial charge is 0.466 e. The van der Waals surface area contributed by atoms with Gasteiger partial charge in [-0.15, -0.1) is 5.10 Å². The summed E-state index contributed by atoms with van der Waals surface area (Å²) in [6.07, 6.45) is 0. The molecule has 0 spiro atoms. The molecule has 1 fully saturated rings. The first kappa shape index (κ1) is 23.9. The summed E-state index contributed by atoms with van der Waals surface area (Å²) in [5.74, 6) is -0.234. The van der Waals surface area contributed by atoms with Crippen LogP contribution in [-0.2, 0) is 11.8 Å². The van der Waals surface area contributed by atoms with Crippen molar-refractivity contribution in [2.75, 3.05) is 44.2 Å². The number of anilines is 1. The predicted molar refractivity (Wildman–Crippen MR) is 131 cm³/mol. The molecule has 2 aromatic heterocycles. The Bertz CT molecular complexity index is 1190. The van der Waals surface area contributed by atoms with Gasteiger partial charge in [-0.05, 0) is 57.1 Å². The molecule has 1 saturated heterocycles. The maximum Gasteiger partial charge on any atom is 0.258 e. The number of carbonyl (C=O) groups is 1. The number of pyridine rings is 1. The van der Waals surface area contributed by atoms with E-state index in [0.717, 1.165) is 60.6 Å². The summed E-state index contributed by atoms with van der Waals surface area (Å²) in [4.78, 5) is 21.9. The van der Waals surface area contributed by atoms with Crippen LogP contribution in [-0.4, -0.2) is 64.9 Å². The van der Waals surface area contributed by atoms with Crippen LogP contribution in [0.5, 0.6) is 5.88 Å². The van der Waals surface area contributed by atoms with Gasteiger partial charge in [0.25, 0.3) is 5.91 Å². The van der Waals surface area contributed by atoms with E-state index in [1.165, 1.54) is 12.1 Å². The number of rotatable bonds is 7. The summed E-state index contributed by atoms with van der Waals surface area (Å²) in [5, 5.41) is 8.15. The molecule has 0 aliphatic carbocycles. The van der Waals surface area contributed by atoms with Crippen LogP contribution in [0.1, 0.15) is 36.7 Å². The van der Waals surface area contributed by atoms with Crippen molar-refractivity contribution in [3.05, 3.63) is 46.9 Å². The van der Waals surface area contributed by atoms with Crippen LogP contribution in [0.25, 0.3) is 11.0 Å². The highest BCUT2D eigenvalue weighted by atomic mass is 19.1. The number of aryl methyl sites for hydroxylation is 3. The van der Waals surface area contributed by atoms with Crippen LogP contribution in [0.15, 0.2) is 24.3 Å². The summed E-state index contributed by atoms with van der Waals surface area (Å²) in [7, 11) is 1.80. The zero-order valence-corrected chi connectivity index (χ0v) is 20.6. The van der Waals surface area contributed by atoms with Gasteiger partial charge in [0.2, 0.25) is 5.88 Å². The SMILES string of the molecule is CCN1CCN(c2ccc(F)cc2C(C)NC(=O)COc2nn(C)c3nc(C)cc(C)c23)CC1. The molecule has 0 bridgehead atoms. The third kappa shape index (κ3) is 4.99. The standard InChI is InChI=1S/C25H33FN6O2/c1-6-31-9-11-32(12-10-31)21-8-7-19(26)14-20(21)18(4)28-22(33)15-34-25-23-16(2)13-17(3)27-24(23)30(5)29-25/h7-8,13-14,18H,6,9-12,15H2,1-5H3,(H,28,33). The van der Waals surface area contributed by atoms with Crippen LogP contribution in [0.2, 0.25) is 0 Å². The van der Waals surface area contributed by atoms with Crippen molar-refractivity contribution in [3.8, 4) is 5.88 Å². The number of nitrogens with one attached hydrogen (secondary N) is 1. The Morgan fingerprint density at radius 3 is 2.65 bits per heavy atom. The molecule has 1 aliphatic heterocycles. The maximum atomic E-state index is 14.1. The first-order chi connectivity index (χ1) is 16.3. The highest BCUT2D eigenvalue weighted by molar-refractivity contribution is 5.86. The Labute approximate surface area is 199 Å². The van der Waals surface area contributed by atoms with E-state index in [-0.39, 0.29) is 24.4 Å². The lowest BCUT2D eigenvalue weighted by atomic mass is 10.0. The Kier molecular flexibility index (Phi) is 7.02. The quantitative estimate of drug-likeness (QED) is 0.574. The van der Waals surface area contributed by atoms with Gasteiger partial charge in [0.15, 0.2) is 12.3 Å². The summed E-state index contributed by atoms with van der Waals surface area (Å²) in [6, 6.07) is 6.38. The second kappa shape index (κ2) is 9.97. The Morgan fingerprint density at radius 1 is 1.21 bits per heavy atom. The van der Waals surface area contributed by atoms with E-state index in [2.05, 4.69) is 32.1 Å². The topological polar surface area (TPSA) is 75.5 Å². The highest BCUT2D eigenvalue weighted by Gasteiger charge is 2.22. The van der Waals surface area contributed by atoms with Crippen molar-refractivity contribution in [1.82, 2.24) is 25.0 Å². The molecule has 1 N–H and O–H groups in total. The van der Waals surface area contributed by atoms with Gasteiger partial charge in [0.1, 0.15) is 5.82 Å². The zero-order chi connectivity index (χ0) is 24.4. The molecule has 0 radical (unpaired) electrons. The molecule has 1 atom stereocenters. The molecule has 9 heteroatoms. The van der Waals surface area contributed by atoms with E-state index >= 15 is 0 Å². The Hall–Kier alpha value is -3.20. The monoisotopic (exact) mass is 468 g/mol. The summed E-state index contributed by atoms with van der Waals surface area (Å²) in [6.45, 7) is 12.4. The van der Waals surface area contributed by atoms with Gasteiger partial charge in [-0.2, -0.15) is 0 Å². The van der Waals surface area contributed by atoms with Crippen LogP contribution in [0.4, 0.5) is 10.1 Å². The number of fused-ring (bicyclic) bond motifs is 1. The smallest absolute Gasteiger partial charge is 0.258 e. The fourth-order valence-corrected chi connectivity index (χ4v) is 4.61. The fraction of sp³-hybridized carbons (Fsp3) is 0.480. The maximum absolute atomic E-state index is 14.1. The van der Waals surface area contributed by atoms with E-state index < -0.39 is 0 Å². The first-order valence-electron chi connectivity index (χ1n) is 11.8. The van der Waals surface area contributed by atoms with Crippen LogP contribution >= 0.6 is 0 Å². The summed E-state index contributed by atoms with van der Waals surface area (Å²) >= 11 is 0. The number of ether oxygens (including phenoxy) is 1. The molecule has 1 unspecified atom stereocenters. The number of nitrogens with zero attached hydrogens (tertiary/aromatic N) is 5. The van der Waals surface area contributed by atoms with Gasteiger partial charge in [-0.1, -0.05) is 6.92 Å². The molecule has 3 heterocycles. The lowest BCUT2D eigenvalue weighted by Crippen LogP contribution is -2.46. The van der Waals surface area contributed by atoms with E-state index in [9.17, 15) is 9.18 Å². The average molecular weight is 469 g/mol. The second-order valence-corrected chi connectivity index (χ2v) is 8.91. The van der Waals surface area contributed by atoms with Crippen LogP contribution in [0, 0.1) is 19.7 Å². The van der Waals surface area contributed by atoms with Gasteiger partial charge in [-0.25, -0.2) is 14.1 Å². The minimum absolute atomic E-state index is 0.191. The molecular formula is C25H33FN6O2. The molecular weight excluding hydrogens is 435 g/mol. The molecule has 0 saturated carbocycles. The molecule has 4 rings (SSSR count). The van der Waals surface area contributed by atoms with Gasteiger partial charge in [-0.3, -0.25) is 4.79 Å². The number of carbonyl (C=O) groups excluding carboxylic acids is 1. The number of piperazine rings is 1. The number of hydrogen-bond acceptors (Lipinski definition) is 6. The summed E-state index contributed by atoms with van der Waals surface area (Å²) in [5.41, 5.74) is 4.32. The number of likely N-dealkylation sites (N-methyl/N-ethyl adjacent to an activating group) is 1. The predicted octanol–water partition coefficient (Wildman–Crippen LogP) is 3.12. The second-order valence-electron chi connectivity index (χ2n) is 8.91. The van der Waals surface area contributed by atoms with Crippen molar-refractivity contribution in [2.24, 2.45) is 7.05 Å². The van der Waals surface area contributed by atoms with Gasteiger partial charge in [0, 0.05) is 50.2 Å². The number of hydrogen-bond donors (Lipinski definition) is 1. The van der Waals surface area contributed by atoms with Crippen molar-refractivity contribution < 1.29 is 13.9 Å². The van der Waals surface area contributed by atoms with Crippen molar-refractivity contribution in [3.63, 3.8) is 0 Å². The molecule has 182 valence electrons. The van der Waals surface area contributed by atoms with E-state index in [1.54, 1.807) is 11.7 Å². The van der Waals surface area contributed by atoms with Crippen LogP contribution in [0.3, 0.4) is 0 Å². The number of aromatic nitrogens is 3. The third-order valence-corrected chi connectivity index (χ3v) is 6.42. The van der Waals surface area contributed by atoms with Gasteiger partial charge < -0.3 is 19.9 Å². The fourth-order valence-electron chi connectivity index (χ4n) is 4.61. The van der Waals surface area contributed by atoms with E-state index in [1.807, 2.05) is 32.9 Å². The minimum Gasteiger partial charge on any atom is -0.466 e. The zero-order valence-electron chi connectivity index (χ0n) is 20.6. The lowest BCUT2D eigenvalue weighted by molar-refractivity contribution is -0.123. The van der Waals surface area contributed by atoms with E-state index in [0.29, 0.717) is 11.5 Å². The minimum atomic E-state index is -0.377. The number of halogens is 1. The van der Waals surface area contributed by atoms with Crippen molar-refractivity contribution in [2.45, 2.75) is 33.7 Å². The normalized spacial score (nSPS) is 15.5. The number of benzene rings is 1. The first-order valence-corrected chi connectivity index (χ1v) is 11.8. The lowest BCUT2D eigenvalue weighted by Gasteiger charge is -2.37. The summed E-state index contributed by atoms with van der Waals surface area (Å²) < 4.78 is 21.6. The van der Waals surface area contributed by atoms with Crippen molar-refractivity contribution in [1.29, 1.82) is 0 Å². The van der Waals surface area contributed by atoms with Crippen LogP contribution < -0.4 is 15.0 Å². The van der Waals surface area contributed by atoms with Gasteiger partial charge in [0.05, 0.1) is 11.4 Å². The van der Waals surface area contributed by atoms with E-state index in [4.69, 9.17) is 4.74 Å². The molecule has 1 amide bonds. The Balaban J connectivity index is 1.45. The van der Waals surface area contributed by atoms with Gasteiger partial charge >= 0.3 is 0 Å². The molecule has 34 heavy (non-hydrogen) atoms. The molecule has 1 aromatic carbocycles. The molecule has 1 aliphatic rings. The Morgan fingerprint density at radius 2 is 1.94 bits per heavy atom.